The summed E-state index contributed by atoms with van der Waals surface area (Å²) in [6.07, 6.45) is 0. The Balaban J connectivity index is 1.72. The van der Waals surface area contributed by atoms with Crippen LogP contribution in [0.1, 0.15) is 5.82 Å². The van der Waals surface area contributed by atoms with Gasteiger partial charge in [-0.3, -0.25) is 0 Å². The predicted octanol–water partition coefficient (Wildman–Crippen LogP) is 3.66. The average Bonchev–Trinajstić information content (AvgIpc) is 2.95. The fourth-order valence-electron chi connectivity index (χ4n) is 1.69. The Kier molecular flexibility index (Phi) is 4.08. The summed E-state index contributed by atoms with van der Waals surface area (Å²) in [5, 5.41) is 4.65. The third-order valence-electron chi connectivity index (χ3n) is 2.65. The van der Waals surface area contributed by atoms with E-state index in [0.29, 0.717) is 34.0 Å². The Morgan fingerprint density at radius 1 is 1.10 bits per heavy atom. The highest BCUT2D eigenvalue weighted by Gasteiger charge is 2.11. The second-order valence-corrected chi connectivity index (χ2v) is 5.61. The highest BCUT2D eigenvalue weighted by atomic mass is 35.5. The molecular formula is C14H11ClN4OS. The monoisotopic (exact) mass is 318 g/mol. The Bertz CT molecular complexity index is 762. The van der Waals surface area contributed by atoms with Gasteiger partial charge in [0, 0.05) is 4.90 Å². The second kappa shape index (κ2) is 6.15. The van der Waals surface area contributed by atoms with E-state index in [9.17, 15) is 0 Å². The topological polar surface area (TPSA) is 77.8 Å². The predicted molar refractivity (Wildman–Crippen MR) is 83.0 cm³/mol. The number of nitrogen functional groups attached to an aromatic ring is 1. The molecule has 106 valence electrons. The first-order valence-corrected chi connectivity index (χ1v) is 7.51. The van der Waals surface area contributed by atoms with Crippen molar-refractivity contribution in [2.24, 2.45) is 0 Å². The summed E-state index contributed by atoms with van der Waals surface area (Å²) < 4.78 is 5.20. The maximum Gasteiger partial charge on any atom is 0.276 e. The number of aromatic nitrogens is 3. The van der Waals surface area contributed by atoms with Crippen LogP contribution in [0.4, 0.5) is 5.82 Å². The van der Waals surface area contributed by atoms with Crippen LogP contribution in [0.2, 0.25) is 5.02 Å². The van der Waals surface area contributed by atoms with Gasteiger partial charge < -0.3 is 10.3 Å². The van der Waals surface area contributed by atoms with Crippen molar-refractivity contribution < 1.29 is 4.52 Å². The van der Waals surface area contributed by atoms with Crippen LogP contribution in [0.15, 0.2) is 51.9 Å². The largest absolute Gasteiger partial charge is 0.384 e. The van der Waals surface area contributed by atoms with Crippen molar-refractivity contribution in [1.29, 1.82) is 0 Å². The number of halogens is 1. The molecule has 0 saturated heterocycles. The van der Waals surface area contributed by atoms with Gasteiger partial charge in [0.25, 0.3) is 5.89 Å². The molecule has 0 amide bonds. The van der Waals surface area contributed by atoms with Gasteiger partial charge in [0.2, 0.25) is 0 Å². The molecule has 0 aliphatic rings. The van der Waals surface area contributed by atoms with E-state index in [1.54, 1.807) is 30.0 Å². The van der Waals surface area contributed by atoms with E-state index in [0.717, 1.165) is 4.90 Å². The van der Waals surface area contributed by atoms with Crippen molar-refractivity contribution in [1.82, 2.24) is 15.1 Å². The summed E-state index contributed by atoms with van der Waals surface area (Å²) in [6.45, 7) is 0. The van der Waals surface area contributed by atoms with Crippen molar-refractivity contribution in [3.8, 4) is 11.6 Å². The SMILES string of the molecule is Nc1cccc(-c2nc(CSc3ccccc3Cl)no2)n1. The van der Waals surface area contributed by atoms with Crippen molar-refractivity contribution in [3.05, 3.63) is 53.3 Å². The highest BCUT2D eigenvalue weighted by molar-refractivity contribution is 7.98. The van der Waals surface area contributed by atoms with Crippen LogP contribution in [-0.2, 0) is 5.75 Å². The first-order valence-electron chi connectivity index (χ1n) is 6.15. The molecule has 5 nitrogen and oxygen atoms in total. The third kappa shape index (κ3) is 3.34. The van der Waals surface area contributed by atoms with Crippen LogP contribution < -0.4 is 5.73 Å². The van der Waals surface area contributed by atoms with Crippen LogP contribution >= 0.6 is 23.4 Å². The number of hydrogen-bond acceptors (Lipinski definition) is 6. The van der Waals surface area contributed by atoms with Crippen LogP contribution in [0.5, 0.6) is 0 Å². The van der Waals surface area contributed by atoms with Crippen molar-refractivity contribution in [3.63, 3.8) is 0 Å². The Morgan fingerprint density at radius 2 is 1.95 bits per heavy atom. The van der Waals surface area contributed by atoms with Crippen LogP contribution in [0.25, 0.3) is 11.6 Å². The molecule has 0 aliphatic heterocycles. The lowest BCUT2D eigenvalue weighted by atomic mass is 10.3. The van der Waals surface area contributed by atoms with E-state index in [1.165, 1.54) is 0 Å². The first-order chi connectivity index (χ1) is 10.2. The fraction of sp³-hybridized carbons (Fsp3) is 0.0714. The van der Waals surface area contributed by atoms with Crippen molar-refractivity contribution >= 4 is 29.2 Å². The van der Waals surface area contributed by atoms with E-state index in [-0.39, 0.29) is 0 Å². The number of nitrogens with zero attached hydrogens (tertiary/aromatic N) is 3. The average molecular weight is 319 g/mol. The molecule has 3 rings (SSSR count). The zero-order valence-electron chi connectivity index (χ0n) is 10.9. The van der Waals surface area contributed by atoms with Crippen molar-refractivity contribution in [2.75, 3.05) is 5.73 Å². The highest BCUT2D eigenvalue weighted by Crippen LogP contribution is 2.29. The molecule has 2 heterocycles. The van der Waals surface area contributed by atoms with E-state index in [1.807, 2.05) is 24.3 Å². The van der Waals surface area contributed by atoms with Crippen LogP contribution in [0, 0.1) is 0 Å². The molecular weight excluding hydrogens is 308 g/mol. The lowest BCUT2D eigenvalue weighted by Gasteiger charge is -2.00. The molecule has 0 unspecified atom stereocenters. The number of hydrogen-bond donors (Lipinski definition) is 1. The van der Waals surface area contributed by atoms with E-state index in [4.69, 9.17) is 21.9 Å². The number of anilines is 1. The van der Waals surface area contributed by atoms with Gasteiger partial charge in [-0.25, -0.2) is 4.98 Å². The lowest BCUT2D eigenvalue weighted by Crippen LogP contribution is -1.91. The van der Waals surface area contributed by atoms with Gasteiger partial charge in [-0.05, 0) is 24.3 Å². The van der Waals surface area contributed by atoms with Gasteiger partial charge in [-0.15, -0.1) is 11.8 Å². The van der Waals surface area contributed by atoms with Gasteiger partial charge in [0.05, 0.1) is 10.8 Å². The summed E-state index contributed by atoms with van der Waals surface area (Å²) in [5.41, 5.74) is 6.20. The fourth-order valence-corrected chi connectivity index (χ4v) is 2.77. The maximum atomic E-state index is 6.10. The quantitative estimate of drug-likeness (QED) is 0.740. The molecule has 21 heavy (non-hydrogen) atoms. The number of thioether (sulfide) groups is 1. The molecule has 0 saturated carbocycles. The minimum Gasteiger partial charge on any atom is -0.384 e. The van der Waals surface area contributed by atoms with Crippen LogP contribution in [-0.4, -0.2) is 15.1 Å². The van der Waals surface area contributed by atoms with Gasteiger partial charge >= 0.3 is 0 Å². The molecule has 1 aromatic carbocycles. The number of nitrogens with two attached hydrogens (primary N) is 1. The Morgan fingerprint density at radius 3 is 2.76 bits per heavy atom. The molecule has 2 N–H and O–H groups in total. The maximum absolute atomic E-state index is 6.10. The van der Waals surface area contributed by atoms with Gasteiger partial charge in [0.15, 0.2) is 5.82 Å². The Labute approximate surface area is 130 Å². The zero-order valence-corrected chi connectivity index (χ0v) is 12.4. The zero-order chi connectivity index (χ0) is 14.7. The number of rotatable bonds is 4. The summed E-state index contributed by atoms with van der Waals surface area (Å²) in [7, 11) is 0. The van der Waals surface area contributed by atoms with Crippen molar-refractivity contribution in [2.45, 2.75) is 10.6 Å². The Hall–Kier alpha value is -2.05. The van der Waals surface area contributed by atoms with Gasteiger partial charge in [-0.2, -0.15) is 4.98 Å². The number of benzene rings is 1. The molecule has 0 fully saturated rings. The standard InChI is InChI=1S/C14H11ClN4OS/c15-9-4-1-2-6-11(9)21-8-13-18-14(20-19-13)10-5-3-7-12(16)17-10/h1-7H,8H2,(H2,16,17). The number of pyridine rings is 1. The molecule has 0 spiro atoms. The summed E-state index contributed by atoms with van der Waals surface area (Å²) >= 11 is 7.65. The minimum atomic E-state index is 0.358. The van der Waals surface area contributed by atoms with E-state index in [2.05, 4.69) is 15.1 Å². The molecule has 2 aromatic heterocycles. The summed E-state index contributed by atoms with van der Waals surface area (Å²) in [6, 6.07) is 12.9. The smallest absolute Gasteiger partial charge is 0.276 e. The molecule has 0 aliphatic carbocycles. The second-order valence-electron chi connectivity index (χ2n) is 4.18. The van der Waals surface area contributed by atoms with E-state index >= 15 is 0 Å². The molecule has 3 aromatic rings. The molecule has 0 bridgehead atoms. The minimum absolute atomic E-state index is 0.358. The molecule has 0 radical (unpaired) electrons. The van der Waals surface area contributed by atoms with Gasteiger partial charge in [-0.1, -0.05) is 35.0 Å². The normalized spacial score (nSPS) is 10.7. The first kappa shape index (κ1) is 13.9. The van der Waals surface area contributed by atoms with E-state index < -0.39 is 0 Å². The third-order valence-corrected chi connectivity index (χ3v) is 4.16. The lowest BCUT2D eigenvalue weighted by molar-refractivity contribution is 0.424. The molecule has 7 heteroatoms. The van der Waals surface area contributed by atoms with Gasteiger partial charge in [0.1, 0.15) is 11.5 Å². The molecule has 0 atom stereocenters. The summed E-state index contributed by atoms with van der Waals surface area (Å²) in [5.74, 6) is 1.92. The van der Waals surface area contributed by atoms with Crippen LogP contribution in [0.3, 0.4) is 0 Å². The summed E-state index contributed by atoms with van der Waals surface area (Å²) in [4.78, 5) is 9.43.